The van der Waals surface area contributed by atoms with Crippen molar-refractivity contribution in [2.45, 2.75) is 13.0 Å². The number of halogens is 2. The van der Waals surface area contributed by atoms with E-state index in [4.69, 9.17) is 27.9 Å². The molecule has 0 radical (unpaired) electrons. The lowest BCUT2D eigenvalue weighted by atomic mass is 10.0. The number of esters is 1. The molecule has 0 aliphatic carbocycles. The van der Waals surface area contributed by atoms with Gasteiger partial charge in [-0.05, 0) is 36.3 Å². The first-order chi connectivity index (χ1) is 15.4. The van der Waals surface area contributed by atoms with Crippen molar-refractivity contribution in [3.8, 4) is 0 Å². The summed E-state index contributed by atoms with van der Waals surface area (Å²) in [5.41, 5.74) is 2.18. The van der Waals surface area contributed by atoms with Crippen molar-refractivity contribution in [2.75, 3.05) is 7.11 Å². The number of hydrogen-bond acceptors (Lipinski definition) is 5. The molecule has 0 fully saturated rings. The highest BCUT2D eigenvalue weighted by atomic mass is 35.5. The minimum atomic E-state index is -0.651. The van der Waals surface area contributed by atoms with Crippen molar-refractivity contribution in [1.82, 2.24) is 4.57 Å². The zero-order valence-electron chi connectivity index (χ0n) is 17.2. The summed E-state index contributed by atoms with van der Waals surface area (Å²) in [4.78, 5) is 31.0. The van der Waals surface area contributed by atoms with Gasteiger partial charge < -0.3 is 4.74 Å². The molecule has 1 aromatic heterocycles. The Hall–Kier alpha value is -2.93. The van der Waals surface area contributed by atoms with Crippen LogP contribution in [0.15, 0.2) is 75.7 Å². The van der Waals surface area contributed by atoms with E-state index in [0.29, 0.717) is 36.2 Å². The minimum absolute atomic E-state index is 0.267. The van der Waals surface area contributed by atoms with E-state index in [0.717, 1.165) is 5.56 Å². The number of ether oxygens (including phenoxy) is 1. The van der Waals surface area contributed by atoms with Gasteiger partial charge in [0.15, 0.2) is 4.80 Å². The lowest BCUT2D eigenvalue weighted by Crippen LogP contribution is -2.38. The molecule has 4 rings (SSSR count). The van der Waals surface area contributed by atoms with Crippen LogP contribution in [0.4, 0.5) is 0 Å². The number of aromatic nitrogens is 1. The van der Waals surface area contributed by atoms with Crippen LogP contribution in [-0.4, -0.2) is 17.6 Å². The third kappa shape index (κ3) is 4.35. The third-order valence-corrected chi connectivity index (χ3v) is 6.53. The molecule has 162 valence electrons. The van der Waals surface area contributed by atoms with Gasteiger partial charge in [-0.25, -0.2) is 9.79 Å². The lowest BCUT2D eigenvalue weighted by molar-refractivity contribution is -0.136. The van der Waals surface area contributed by atoms with E-state index in [-0.39, 0.29) is 5.56 Å². The molecule has 0 amide bonds. The summed E-state index contributed by atoms with van der Waals surface area (Å²) in [6, 6.07) is 14.1. The van der Waals surface area contributed by atoms with E-state index < -0.39 is 12.0 Å². The van der Waals surface area contributed by atoms with Crippen LogP contribution < -0.4 is 14.9 Å². The molecule has 2 heterocycles. The van der Waals surface area contributed by atoms with Crippen molar-refractivity contribution in [3.63, 3.8) is 0 Å². The van der Waals surface area contributed by atoms with Gasteiger partial charge in [-0.2, -0.15) is 0 Å². The summed E-state index contributed by atoms with van der Waals surface area (Å²) in [5.74, 6) is -0.524. The summed E-state index contributed by atoms with van der Waals surface area (Å²) in [6.07, 6.45) is 5.40. The molecule has 32 heavy (non-hydrogen) atoms. The van der Waals surface area contributed by atoms with Crippen LogP contribution in [0.25, 0.3) is 12.2 Å². The van der Waals surface area contributed by atoms with Crippen LogP contribution >= 0.6 is 34.5 Å². The largest absolute Gasteiger partial charge is 0.466 e. The predicted molar refractivity (Wildman–Crippen MR) is 129 cm³/mol. The second kappa shape index (κ2) is 9.28. The van der Waals surface area contributed by atoms with Gasteiger partial charge in [0.2, 0.25) is 0 Å². The molecular formula is C24H18Cl2N2O3S. The van der Waals surface area contributed by atoms with E-state index in [9.17, 15) is 9.59 Å². The molecule has 1 aliphatic rings. The molecule has 1 aliphatic heterocycles. The number of fused-ring (bicyclic) bond motifs is 1. The van der Waals surface area contributed by atoms with Crippen LogP contribution in [0, 0.1) is 0 Å². The Bertz CT molecular complexity index is 1440. The molecule has 1 atom stereocenters. The van der Waals surface area contributed by atoms with Crippen LogP contribution in [0.1, 0.15) is 24.1 Å². The molecule has 2 aromatic carbocycles. The van der Waals surface area contributed by atoms with Crippen molar-refractivity contribution >= 4 is 52.7 Å². The Morgan fingerprint density at radius 1 is 1.19 bits per heavy atom. The van der Waals surface area contributed by atoms with Crippen molar-refractivity contribution in [2.24, 2.45) is 4.99 Å². The van der Waals surface area contributed by atoms with Gasteiger partial charge in [-0.15, -0.1) is 0 Å². The Morgan fingerprint density at radius 3 is 2.62 bits per heavy atom. The molecule has 0 bridgehead atoms. The van der Waals surface area contributed by atoms with E-state index in [1.807, 2.05) is 42.5 Å². The van der Waals surface area contributed by atoms with Gasteiger partial charge >= 0.3 is 5.97 Å². The second-order valence-corrected chi connectivity index (χ2v) is 8.90. The van der Waals surface area contributed by atoms with E-state index in [1.54, 1.807) is 31.2 Å². The van der Waals surface area contributed by atoms with Crippen LogP contribution in [0.5, 0.6) is 0 Å². The van der Waals surface area contributed by atoms with Gasteiger partial charge in [0.05, 0.1) is 29.0 Å². The summed E-state index contributed by atoms with van der Waals surface area (Å²) < 4.78 is 6.95. The first-order valence-corrected chi connectivity index (χ1v) is 11.3. The predicted octanol–water partition coefficient (Wildman–Crippen LogP) is 4.38. The monoisotopic (exact) mass is 484 g/mol. The maximum absolute atomic E-state index is 13.4. The number of carbonyl (C=O) groups is 1. The zero-order chi connectivity index (χ0) is 22.8. The van der Waals surface area contributed by atoms with E-state index in [1.165, 1.54) is 23.0 Å². The van der Waals surface area contributed by atoms with Gasteiger partial charge in [0, 0.05) is 10.0 Å². The number of hydrogen-bond donors (Lipinski definition) is 0. The lowest BCUT2D eigenvalue weighted by Gasteiger charge is -2.21. The first kappa shape index (κ1) is 22.3. The quantitative estimate of drug-likeness (QED) is 0.516. The maximum Gasteiger partial charge on any atom is 0.338 e. The molecule has 3 aromatic rings. The molecule has 0 unspecified atom stereocenters. The number of rotatable bonds is 4. The zero-order valence-corrected chi connectivity index (χ0v) is 19.5. The standard InChI is InChI=1S/C24H18Cl2N2O3S/c1-14-21(23(30)31-2)19(11-8-15-6-4-3-5-7-15)28-22(29)20(32-24(28)27-14)12-16-9-10-17(25)13-18(16)26/h3-13,19H,1-2H3/b11-8-,20-12?/t19-/m1/s1. The molecule has 0 saturated heterocycles. The van der Waals surface area contributed by atoms with Crippen molar-refractivity contribution < 1.29 is 9.53 Å². The summed E-state index contributed by atoms with van der Waals surface area (Å²) >= 11 is 13.5. The molecule has 0 saturated carbocycles. The highest BCUT2D eigenvalue weighted by Crippen LogP contribution is 2.26. The van der Waals surface area contributed by atoms with Crippen molar-refractivity contribution in [1.29, 1.82) is 0 Å². The summed E-state index contributed by atoms with van der Waals surface area (Å²) in [7, 11) is 1.31. The van der Waals surface area contributed by atoms with Crippen LogP contribution in [0.3, 0.4) is 0 Å². The fourth-order valence-corrected chi connectivity index (χ4v) is 4.95. The molecule has 8 heteroatoms. The fraction of sp³-hybridized carbons (Fsp3) is 0.125. The number of benzene rings is 2. The van der Waals surface area contributed by atoms with Gasteiger partial charge in [-0.1, -0.05) is 83.1 Å². The second-order valence-electron chi connectivity index (χ2n) is 7.05. The Balaban J connectivity index is 1.90. The van der Waals surface area contributed by atoms with Crippen LogP contribution in [0.2, 0.25) is 10.0 Å². The van der Waals surface area contributed by atoms with Gasteiger partial charge in [-0.3, -0.25) is 9.36 Å². The average Bonchev–Trinajstić information content (AvgIpc) is 3.08. The summed E-state index contributed by atoms with van der Waals surface area (Å²) in [6.45, 7) is 1.74. The number of nitrogens with zero attached hydrogens (tertiary/aromatic N) is 2. The third-order valence-electron chi connectivity index (χ3n) is 4.99. The van der Waals surface area contributed by atoms with Gasteiger partial charge in [0.1, 0.15) is 0 Å². The number of thiazole rings is 1. The van der Waals surface area contributed by atoms with E-state index >= 15 is 0 Å². The highest BCUT2D eigenvalue weighted by molar-refractivity contribution is 7.07. The SMILES string of the molecule is COC(=O)C1=C(C)N=c2sc(=Cc3ccc(Cl)cc3Cl)c(=O)n2[C@@H]1/C=C\c1ccccc1. The first-order valence-electron chi connectivity index (χ1n) is 9.68. The van der Waals surface area contributed by atoms with Crippen LogP contribution in [-0.2, 0) is 9.53 Å². The summed E-state index contributed by atoms with van der Waals surface area (Å²) in [5, 5.41) is 0.952. The fourth-order valence-electron chi connectivity index (χ4n) is 3.44. The molecule has 0 N–H and O–H groups in total. The Morgan fingerprint density at radius 2 is 1.94 bits per heavy atom. The molecule has 0 spiro atoms. The minimum Gasteiger partial charge on any atom is -0.466 e. The number of allylic oxidation sites excluding steroid dienone is 2. The normalized spacial score (nSPS) is 16.2. The Labute approximate surface area is 198 Å². The number of carbonyl (C=O) groups excluding carboxylic acids is 1. The van der Waals surface area contributed by atoms with E-state index in [2.05, 4.69) is 4.99 Å². The molecule has 5 nitrogen and oxygen atoms in total. The topological polar surface area (TPSA) is 60.7 Å². The molecular weight excluding hydrogens is 467 g/mol. The number of methoxy groups -OCH3 is 1. The van der Waals surface area contributed by atoms with Crippen molar-refractivity contribution in [3.05, 3.63) is 107 Å². The maximum atomic E-state index is 13.4. The smallest absolute Gasteiger partial charge is 0.338 e. The van der Waals surface area contributed by atoms with Gasteiger partial charge in [0.25, 0.3) is 5.56 Å². The highest BCUT2D eigenvalue weighted by Gasteiger charge is 2.30. The Kier molecular flexibility index (Phi) is 6.46. The average molecular weight is 485 g/mol.